The van der Waals surface area contributed by atoms with Crippen LogP contribution in [-0.2, 0) is 11.3 Å². The van der Waals surface area contributed by atoms with Crippen LogP contribution >= 0.6 is 0 Å². The smallest absolute Gasteiger partial charge is 0.429 e. The summed E-state index contributed by atoms with van der Waals surface area (Å²) in [6, 6.07) is 25.3. The third-order valence-electron chi connectivity index (χ3n) is 6.31. The third-order valence-corrected chi connectivity index (χ3v) is 6.31. The van der Waals surface area contributed by atoms with Crippen LogP contribution in [0.25, 0.3) is 11.1 Å². The van der Waals surface area contributed by atoms with Gasteiger partial charge in [0.25, 0.3) is 0 Å². The Morgan fingerprint density at radius 1 is 0.889 bits per heavy atom. The fourth-order valence-electron chi connectivity index (χ4n) is 4.37. The number of hydrogen-bond donors (Lipinski definition) is 2. The zero-order valence-corrected chi connectivity index (χ0v) is 20.6. The Bertz CT molecular complexity index is 1130. The van der Waals surface area contributed by atoms with E-state index < -0.39 is 6.09 Å². The molecule has 0 aromatic heterocycles. The van der Waals surface area contributed by atoms with Crippen LogP contribution in [-0.4, -0.2) is 49.7 Å². The molecule has 1 amide bonds. The minimum atomic E-state index is -0.411. The summed E-state index contributed by atoms with van der Waals surface area (Å²) < 4.78 is 5.68. The Labute approximate surface area is 212 Å². The fraction of sp³-hybridized carbons (Fsp3) is 0.310. The first kappa shape index (κ1) is 25.6. The summed E-state index contributed by atoms with van der Waals surface area (Å²) in [6.07, 6.45) is 2.82. The number of hydrazine groups is 1. The number of hydrogen-bond acceptors (Lipinski definition) is 6. The van der Waals surface area contributed by atoms with Crippen molar-refractivity contribution in [3.8, 4) is 11.1 Å². The number of nitrogens with one attached hydrogen (secondary N) is 1. The number of anilines is 1. The lowest BCUT2D eigenvalue weighted by molar-refractivity contribution is 0.0986. The van der Waals surface area contributed by atoms with Crippen LogP contribution in [0.15, 0.2) is 78.9 Å². The summed E-state index contributed by atoms with van der Waals surface area (Å²) in [6.45, 7) is 2.76. The highest BCUT2D eigenvalue weighted by molar-refractivity contribution is 5.97. The number of ketones is 1. The minimum Gasteiger partial charge on any atom is -0.447 e. The van der Waals surface area contributed by atoms with E-state index in [0.29, 0.717) is 18.7 Å². The Balaban J connectivity index is 1.38. The van der Waals surface area contributed by atoms with E-state index in [-0.39, 0.29) is 18.9 Å². The van der Waals surface area contributed by atoms with Crippen molar-refractivity contribution >= 4 is 17.6 Å². The maximum atomic E-state index is 13.4. The first-order valence-corrected chi connectivity index (χ1v) is 12.6. The molecule has 0 atom stereocenters. The Kier molecular flexibility index (Phi) is 9.21. The van der Waals surface area contributed by atoms with E-state index in [9.17, 15) is 9.59 Å². The van der Waals surface area contributed by atoms with E-state index in [4.69, 9.17) is 10.5 Å². The molecular weight excluding hydrogens is 452 g/mol. The number of carbonyl (C=O) groups is 2. The summed E-state index contributed by atoms with van der Waals surface area (Å²) in [5, 5.41) is 6.84. The number of nitrogens with two attached hydrogens (primary N) is 1. The van der Waals surface area contributed by atoms with Crippen molar-refractivity contribution in [1.82, 2.24) is 10.3 Å². The van der Waals surface area contributed by atoms with Gasteiger partial charge in [-0.15, -0.1) is 0 Å². The van der Waals surface area contributed by atoms with Gasteiger partial charge in [-0.05, 0) is 30.0 Å². The molecule has 3 aromatic rings. The molecule has 0 saturated carbocycles. The Morgan fingerprint density at radius 2 is 1.58 bits per heavy atom. The quantitative estimate of drug-likeness (QED) is 0.321. The van der Waals surface area contributed by atoms with Gasteiger partial charge in [0.2, 0.25) is 0 Å². The second-order valence-corrected chi connectivity index (χ2v) is 8.82. The topological polar surface area (TPSA) is 87.9 Å². The van der Waals surface area contributed by atoms with Crippen molar-refractivity contribution in [2.24, 2.45) is 5.73 Å². The van der Waals surface area contributed by atoms with Crippen molar-refractivity contribution in [2.45, 2.75) is 25.8 Å². The molecular formula is C29H34N4O3. The van der Waals surface area contributed by atoms with Gasteiger partial charge >= 0.3 is 6.09 Å². The number of benzene rings is 3. The zero-order valence-electron chi connectivity index (χ0n) is 20.6. The zero-order chi connectivity index (χ0) is 25.2. The van der Waals surface area contributed by atoms with Crippen LogP contribution in [0.2, 0.25) is 0 Å². The highest BCUT2D eigenvalue weighted by Gasteiger charge is 2.28. The van der Waals surface area contributed by atoms with Gasteiger partial charge in [-0.25, -0.2) is 14.8 Å². The summed E-state index contributed by atoms with van der Waals surface area (Å²) in [5.41, 5.74) is 10.1. The summed E-state index contributed by atoms with van der Waals surface area (Å²) >= 11 is 0. The van der Waals surface area contributed by atoms with E-state index in [2.05, 4.69) is 10.3 Å². The predicted octanol–water partition coefficient (Wildman–Crippen LogP) is 4.63. The lowest BCUT2D eigenvalue weighted by Crippen LogP contribution is -2.50. The normalized spacial score (nSPS) is 13.8. The summed E-state index contributed by atoms with van der Waals surface area (Å²) in [7, 11) is 0. The Hall–Kier alpha value is -3.52. The molecule has 3 N–H and O–H groups in total. The number of amides is 1. The molecule has 0 bridgehead atoms. The van der Waals surface area contributed by atoms with Crippen molar-refractivity contribution in [2.75, 3.05) is 37.8 Å². The van der Waals surface area contributed by atoms with E-state index in [0.717, 1.165) is 54.7 Å². The molecule has 1 aliphatic heterocycles. The van der Waals surface area contributed by atoms with Crippen LogP contribution in [0.5, 0.6) is 0 Å². The molecule has 1 saturated heterocycles. The van der Waals surface area contributed by atoms with Gasteiger partial charge in [-0.1, -0.05) is 79.2 Å². The molecule has 3 aromatic carbocycles. The van der Waals surface area contributed by atoms with Gasteiger partial charge in [0.05, 0.1) is 12.2 Å². The van der Waals surface area contributed by atoms with E-state index in [1.54, 1.807) is 17.1 Å². The first-order chi connectivity index (χ1) is 17.7. The molecule has 7 nitrogen and oxygen atoms in total. The van der Waals surface area contributed by atoms with Crippen LogP contribution in [0.4, 0.5) is 10.5 Å². The number of piperidine rings is 1. The summed E-state index contributed by atoms with van der Waals surface area (Å²) in [5.74, 6) is -0.0170. The molecule has 1 aliphatic rings. The standard InChI is InChI=1S/C29H34N4O3/c30-21-23-13-15-25(16-14-23)28(34)22-31-17-20-36-29(35)33(32-18-7-2-8-19-32)27-12-6-5-11-26(27)24-9-3-1-4-10-24/h1,3-6,9-16,31H,2,7-8,17-22,30H2. The molecule has 1 fully saturated rings. The van der Waals surface area contributed by atoms with E-state index in [1.807, 2.05) is 66.7 Å². The monoisotopic (exact) mass is 486 g/mol. The highest BCUT2D eigenvalue weighted by atomic mass is 16.6. The van der Waals surface area contributed by atoms with Crippen LogP contribution in [0.1, 0.15) is 35.2 Å². The van der Waals surface area contributed by atoms with Gasteiger partial charge in [0.1, 0.15) is 6.61 Å². The second kappa shape index (κ2) is 13.0. The Morgan fingerprint density at radius 3 is 2.31 bits per heavy atom. The largest absolute Gasteiger partial charge is 0.447 e. The number of rotatable bonds is 10. The number of carbonyl (C=O) groups excluding carboxylic acids is 2. The molecule has 0 spiro atoms. The van der Waals surface area contributed by atoms with Gasteiger partial charge in [0, 0.05) is 37.3 Å². The van der Waals surface area contributed by atoms with Gasteiger partial charge in [-0.2, -0.15) is 0 Å². The predicted molar refractivity (Wildman–Crippen MR) is 143 cm³/mol. The molecule has 7 heteroatoms. The van der Waals surface area contributed by atoms with Crippen molar-refractivity contribution in [1.29, 1.82) is 0 Å². The number of para-hydroxylation sites is 1. The number of ether oxygens (including phenoxy) is 1. The second-order valence-electron chi connectivity index (χ2n) is 8.82. The average molecular weight is 487 g/mol. The van der Waals surface area contributed by atoms with Crippen molar-refractivity contribution in [3.05, 3.63) is 90.0 Å². The van der Waals surface area contributed by atoms with Crippen molar-refractivity contribution in [3.63, 3.8) is 0 Å². The lowest BCUT2D eigenvalue weighted by Gasteiger charge is -2.37. The van der Waals surface area contributed by atoms with Crippen LogP contribution < -0.4 is 16.1 Å². The number of nitrogens with zero attached hydrogens (tertiary/aromatic N) is 2. The van der Waals surface area contributed by atoms with E-state index in [1.165, 1.54) is 0 Å². The molecule has 188 valence electrons. The van der Waals surface area contributed by atoms with Crippen LogP contribution in [0, 0.1) is 0 Å². The number of Topliss-reactive ketones (excluding diaryl/α,β-unsaturated/α-hetero) is 1. The maximum Gasteiger partial charge on any atom is 0.429 e. The van der Waals surface area contributed by atoms with Gasteiger partial charge < -0.3 is 15.8 Å². The first-order valence-electron chi connectivity index (χ1n) is 12.6. The molecule has 0 radical (unpaired) electrons. The van der Waals surface area contributed by atoms with Gasteiger partial charge in [-0.3, -0.25) is 4.79 Å². The van der Waals surface area contributed by atoms with Crippen molar-refractivity contribution < 1.29 is 14.3 Å². The maximum absolute atomic E-state index is 13.4. The molecule has 36 heavy (non-hydrogen) atoms. The fourth-order valence-corrected chi connectivity index (χ4v) is 4.37. The molecule has 0 aliphatic carbocycles. The molecule has 1 heterocycles. The SMILES string of the molecule is NCc1ccc(C(=O)CNCCOC(=O)N(c2ccccc2-c2ccccc2)N2CCCCC2)cc1. The lowest BCUT2D eigenvalue weighted by atomic mass is 10.0. The summed E-state index contributed by atoms with van der Waals surface area (Å²) in [4.78, 5) is 25.8. The highest BCUT2D eigenvalue weighted by Crippen LogP contribution is 2.33. The molecule has 0 unspecified atom stereocenters. The van der Waals surface area contributed by atoms with Crippen LogP contribution in [0.3, 0.4) is 0 Å². The molecule has 4 rings (SSSR count). The minimum absolute atomic E-state index is 0.0170. The third kappa shape index (κ3) is 6.57. The van der Waals surface area contributed by atoms with Gasteiger partial charge in [0.15, 0.2) is 5.78 Å². The van der Waals surface area contributed by atoms with E-state index >= 15 is 0 Å². The average Bonchev–Trinajstić information content (AvgIpc) is 2.94.